The van der Waals surface area contributed by atoms with Gasteiger partial charge in [0.15, 0.2) is 0 Å². The molecule has 0 radical (unpaired) electrons. The quantitative estimate of drug-likeness (QED) is 0.0764. The smallest absolute Gasteiger partial charge is 0.339 e. The summed E-state index contributed by atoms with van der Waals surface area (Å²) in [6.07, 6.45) is 30.3. The van der Waals surface area contributed by atoms with Crippen molar-refractivity contribution >= 4 is 11.9 Å². The average Bonchev–Trinajstić information content (AvgIpc) is 2.94. The first-order chi connectivity index (χ1) is 18.6. The van der Waals surface area contributed by atoms with Gasteiger partial charge in [-0.15, -0.1) is 6.42 Å². The first-order valence-electron chi connectivity index (χ1n) is 15.6. The molecule has 0 heterocycles. The van der Waals surface area contributed by atoms with E-state index in [1.54, 1.807) is 18.2 Å². The number of carbonyl (C=O) groups excluding carboxylic acids is 2. The number of unbranched alkanes of at least 4 members (excludes halogenated alkanes) is 18. The van der Waals surface area contributed by atoms with E-state index < -0.39 is 11.9 Å². The van der Waals surface area contributed by atoms with Crippen LogP contribution in [0.5, 0.6) is 0 Å². The molecule has 0 spiro atoms. The third-order valence-electron chi connectivity index (χ3n) is 7.09. The number of benzene rings is 1. The fourth-order valence-electron chi connectivity index (χ4n) is 4.64. The summed E-state index contributed by atoms with van der Waals surface area (Å²) < 4.78 is 10.9. The van der Waals surface area contributed by atoms with Crippen molar-refractivity contribution < 1.29 is 19.1 Å². The first-order valence-corrected chi connectivity index (χ1v) is 15.6. The van der Waals surface area contributed by atoms with Gasteiger partial charge in [0.2, 0.25) is 0 Å². The van der Waals surface area contributed by atoms with Gasteiger partial charge >= 0.3 is 11.9 Å². The standard InChI is InChI=1S/C34H54O4/c1-4-7-9-11-13-15-17-19-21-23-27-37-33(35)31-25-26-32(30(6-3)29-31)34(36)38-28-24-22-20-18-16-14-12-10-8-5-2/h3,25-26,29H,4-5,7-24,27-28H2,1-2H3. The minimum absolute atomic E-state index is 0.325. The van der Waals surface area contributed by atoms with Crippen LogP contribution in [0.3, 0.4) is 0 Å². The van der Waals surface area contributed by atoms with Crippen LogP contribution < -0.4 is 0 Å². The fourth-order valence-corrected chi connectivity index (χ4v) is 4.64. The second-order valence-corrected chi connectivity index (χ2v) is 10.5. The molecular formula is C34H54O4. The van der Waals surface area contributed by atoms with Crippen LogP contribution in [0.4, 0.5) is 0 Å². The lowest BCUT2D eigenvalue weighted by Gasteiger charge is -2.09. The average molecular weight is 527 g/mol. The Bertz CT molecular complexity index is 792. The predicted octanol–water partition coefficient (Wildman–Crippen LogP) is 9.82. The Morgan fingerprint density at radius 2 is 1.00 bits per heavy atom. The van der Waals surface area contributed by atoms with E-state index in [-0.39, 0.29) is 0 Å². The van der Waals surface area contributed by atoms with Crippen molar-refractivity contribution in [2.45, 2.75) is 142 Å². The van der Waals surface area contributed by atoms with Crippen LogP contribution in [0.15, 0.2) is 18.2 Å². The minimum Gasteiger partial charge on any atom is -0.462 e. The Balaban J connectivity index is 2.21. The van der Waals surface area contributed by atoms with Crippen molar-refractivity contribution in [3.8, 4) is 12.3 Å². The zero-order valence-corrected chi connectivity index (χ0v) is 24.5. The van der Waals surface area contributed by atoms with Crippen LogP contribution in [0.2, 0.25) is 0 Å². The Morgan fingerprint density at radius 1 is 0.605 bits per heavy atom. The summed E-state index contributed by atoms with van der Waals surface area (Å²) in [5.41, 5.74) is 1.06. The summed E-state index contributed by atoms with van der Waals surface area (Å²) in [4.78, 5) is 24.9. The molecule has 0 unspecified atom stereocenters. The zero-order chi connectivity index (χ0) is 27.7. The fraction of sp³-hybridized carbons (Fsp3) is 0.706. The molecule has 0 saturated heterocycles. The van der Waals surface area contributed by atoms with E-state index in [0.717, 1.165) is 25.7 Å². The van der Waals surface area contributed by atoms with Gasteiger partial charge in [-0.05, 0) is 31.0 Å². The molecule has 0 amide bonds. The van der Waals surface area contributed by atoms with Gasteiger partial charge in [-0.1, -0.05) is 135 Å². The molecule has 0 N–H and O–H groups in total. The highest BCUT2D eigenvalue weighted by atomic mass is 16.5. The lowest BCUT2D eigenvalue weighted by Crippen LogP contribution is -2.11. The third-order valence-corrected chi connectivity index (χ3v) is 7.09. The maximum absolute atomic E-state index is 12.5. The summed E-state index contributed by atoms with van der Waals surface area (Å²) in [6, 6.07) is 4.73. The zero-order valence-electron chi connectivity index (χ0n) is 24.5. The third kappa shape index (κ3) is 16.5. The maximum Gasteiger partial charge on any atom is 0.339 e. The van der Waals surface area contributed by atoms with Crippen molar-refractivity contribution in [1.82, 2.24) is 0 Å². The molecule has 0 atom stereocenters. The number of ether oxygens (including phenoxy) is 2. The highest BCUT2D eigenvalue weighted by Gasteiger charge is 2.15. The highest BCUT2D eigenvalue weighted by molar-refractivity contribution is 5.95. The first kappa shape index (κ1) is 33.7. The molecule has 0 fully saturated rings. The molecule has 1 rings (SSSR count). The molecule has 0 aliphatic heterocycles. The van der Waals surface area contributed by atoms with Gasteiger partial charge in [0.1, 0.15) is 0 Å². The summed E-state index contributed by atoms with van der Waals surface area (Å²) in [6.45, 7) is 5.28. The molecule has 4 heteroatoms. The number of terminal acetylenes is 1. The summed E-state index contributed by atoms with van der Waals surface area (Å²) in [5.74, 6) is 1.69. The van der Waals surface area contributed by atoms with Gasteiger partial charge in [0.25, 0.3) is 0 Å². The molecule has 0 saturated carbocycles. The summed E-state index contributed by atoms with van der Waals surface area (Å²) >= 11 is 0. The Morgan fingerprint density at radius 3 is 1.42 bits per heavy atom. The molecule has 0 aromatic heterocycles. The maximum atomic E-state index is 12.5. The normalized spacial score (nSPS) is 10.8. The van der Waals surface area contributed by atoms with Crippen molar-refractivity contribution in [3.05, 3.63) is 34.9 Å². The van der Waals surface area contributed by atoms with E-state index in [1.807, 2.05) is 0 Å². The SMILES string of the molecule is C#Cc1cc(C(=O)OCCCCCCCCCCCC)ccc1C(=O)OCCCCCCCCCCCC. The number of hydrogen-bond donors (Lipinski definition) is 0. The molecule has 1 aromatic carbocycles. The van der Waals surface area contributed by atoms with E-state index in [4.69, 9.17) is 15.9 Å². The second-order valence-electron chi connectivity index (χ2n) is 10.5. The monoisotopic (exact) mass is 526 g/mol. The lowest BCUT2D eigenvalue weighted by molar-refractivity contribution is 0.0483. The Labute approximate surface area is 233 Å². The van der Waals surface area contributed by atoms with Crippen LogP contribution in [-0.2, 0) is 9.47 Å². The number of hydrogen-bond acceptors (Lipinski definition) is 4. The summed E-state index contributed by atoms with van der Waals surface area (Å²) in [7, 11) is 0. The number of esters is 2. The van der Waals surface area contributed by atoms with Gasteiger partial charge in [-0.2, -0.15) is 0 Å². The van der Waals surface area contributed by atoms with Gasteiger partial charge in [-0.3, -0.25) is 0 Å². The molecule has 214 valence electrons. The van der Waals surface area contributed by atoms with Gasteiger partial charge in [0, 0.05) is 5.56 Å². The van der Waals surface area contributed by atoms with E-state index >= 15 is 0 Å². The number of rotatable bonds is 24. The lowest BCUT2D eigenvalue weighted by atomic mass is 10.0. The van der Waals surface area contributed by atoms with Crippen molar-refractivity contribution in [1.29, 1.82) is 0 Å². The van der Waals surface area contributed by atoms with E-state index in [9.17, 15) is 9.59 Å². The topological polar surface area (TPSA) is 52.6 Å². The van der Waals surface area contributed by atoms with Crippen molar-refractivity contribution in [3.63, 3.8) is 0 Å². The molecular weight excluding hydrogens is 472 g/mol. The van der Waals surface area contributed by atoms with E-state index in [2.05, 4.69) is 19.8 Å². The summed E-state index contributed by atoms with van der Waals surface area (Å²) in [5, 5.41) is 0. The van der Waals surface area contributed by atoms with Gasteiger partial charge in [-0.25, -0.2) is 9.59 Å². The molecule has 0 aliphatic rings. The van der Waals surface area contributed by atoms with Crippen LogP contribution in [-0.4, -0.2) is 25.2 Å². The van der Waals surface area contributed by atoms with Gasteiger partial charge in [0.05, 0.1) is 24.3 Å². The second kappa shape index (κ2) is 23.8. The largest absolute Gasteiger partial charge is 0.462 e. The molecule has 1 aromatic rings. The van der Waals surface area contributed by atoms with Crippen LogP contribution in [0.25, 0.3) is 0 Å². The van der Waals surface area contributed by atoms with E-state index in [1.165, 1.54) is 103 Å². The highest BCUT2D eigenvalue weighted by Crippen LogP contribution is 2.16. The van der Waals surface area contributed by atoms with Crippen LogP contribution >= 0.6 is 0 Å². The Hall–Kier alpha value is -2.28. The van der Waals surface area contributed by atoms with Crippen molar-refractivity contribution in [2.75, 3.05) is 13.2 Å². The predicted molar refractivity (Wildman–Crippen MR) is 159 cm³/mol. The molecule has 0 bridgehead atoms. The van der Waals surface area contributed by atoms with Crippen LogP contribution in [0, 0.1) is 12.3 Å². The van der Waals surface area contributed by atoms with Gasteiger partial charge < -0.3 is 9.47 Å². The van der Waals surface area contributed by atoms with Crippen molar-refractivity contribution in [2.24, 2.45) is 0 Å². The van der Waals surface area contributed by atoms with E-state index in [0.29, 0.717) is 29.9 Å². The minimum atomic E-state index is -0.431. The molecule has 4 nitrogen and oxygen atoms in total. The molecule has 0 aliphatic carbocycles. The Kier molecular flexibility index (Phi) is 21.1. The molecule has 38 heavy (non-hydrogen) atoms. The number of carbonyl (C=O) groups is 2. The van der Waals surface area contributed by atoms with Crippen LogP contribution in [0.1, 0.15) is 169 Å².